The molecule has 14 heteroatoms. The van der Waals surface area contributed by atoms with E-state index in [-0.39, 0.29) is 36.5 Å². The number of halogens is 3. The van der Waals surface area contributed by atoms with Gasteiger partial charge in [0.05, 0.1) is 41.1 Å². The Morgan fingerprint density at radius 1 is 0.678 bits per heavy atom. The standard InChI is InChI=1S/C22H18FN5O.C14H10BrFN2O.C9H10N2/c1-27-11-15-9-16(6-7-20(15)26-27)25-17-5-4-14(19(23)10-17)12-28-13-21-18(22(28)29)3-2-8-24-21;15-10-4-3-9(12(16)6-10)7-18-8-13-11(14(18)19)2-1-5-17-13;1-11-5-7-2-3-9(10)4-8(7)6-11/h2-11,25H,12-13H2,1H3;1-6H,7-8H2;2-6H,10H2,1H3. The van der Waals surface area contributed by atoms with Gasteiger partial charge in [0.25, 0.3) is 11.8 Å². The van der Waals surface area contributed by atoms with E-state index in [1.807, 2.05) is 67.3 Å². The summed E-state index contributed by atoms with van der Waals surface area (Å²) in [6.45, 7) is 1.31. The van der Waals surface area contributed by atoms with Gasteiger partial charge in [-0.2, -0.15) is 5.10 Å². The third kappa shape index (κ3) is 8.67. The van der Waals surface area contributed by atoms with Crippen molar-refractivity contribution >= 4 is 66.5 Å². The van der Waals surface area contributed by atoms with Crippen molar-refractivity contribution in [1.82, 2.24) is 34.1 Å². The largest absolute Gasteiger partial charge is 0.399 e. The number of carbonyl (C=O) groups is 2. The average Bonchev–Trinajstić information content (AvgIpc) is 3.96. The van der Waals surface area contributed by atoms with Gasteiger partial charge in [-0.05, 0) is 84.2 Å². The van der Waals surface area contributed by atoms with E-state index in [4.69, 9.17) is 5.73 Å². The molecule has 10 rings (SSSR count). The zero-order chi connectivity index (χ0) is 41.2. The highest BCUT2D eigenvalue weighted by atomic mass is 79.9. The second-order valence-corrected chi connectivity index (χ2v) is 15.3. The van der Waals surface area contributed by atoms with Gasteiger partial charge in [-0.25, -0.2) is 8.78 Å². The monoisotopic (exact) mass is 853 g/mol. The average molecular weight is 855 g/mol. The molecule has 0 unspecified atom stereocenters. The van der Waals surface area contributed by atoms with Gasteiger partial charge in [-0.1, -0.05) is 34.1 Å². The van der Waals surface area contributed by atoms with E-state index in [0.29, 0.717) is 45.5 Å². The Bertz CT molecular complexity index is 2880. The first-order valence-corrected chi connectivity index (χ1v) is 19.5. The summed E-state index contributed by atoms with van der Waals surface area (Å²) in [5, 5.41) is 11.0. The van der Waals surface area contributed by atoms with Crippen molar-refractivity contribution in [2.45, 2.75) is 26.2 Å². The Morgan fingerprint density at radius 2 is 1.27 bits per heavy atom. The normalized spacial score (nSPS) is 12.9. The van der Waals surface area contributed by atoms with Crippen molar-refractivity contribution in [3.05, 3.63) is 178 Å². The smallest absolute Gasteiger partial charge is 0.256 e. The molecule has 0 fully saturated rings. The number of hydrogen-bond acceptors (Lipinski definition) is 7. The van der Waals surface area contributed by atoms with Crippen LogP contribution in [0, 0.1) is 11.6 Å². The lowest BCUT2D eigenvalue weighted by Gasteiger charge is -2.16. The molecule has 2 aliphatic rings. The Balaban J connectivity index is 0.000000137. The number of aryl methyl sites for hydroxylation is 2. The molecule has 59 heavy (non-hydrogen) atoms. The first kappa shape index (κ1) is 38.9. The molecule has 2 amide bonds. The maximum Gasteiger partial charge on any atom is 0.256 e. The number of nitrogens with zero attached hydrogens (tertiary/aromatic N) is 7. The van der Waals surface area contributed by atoms with Crippen LogP contribution in [0.5, 0.6) is 0 Å². The van der Waals surface area contributed by atoms with E-state index < -0.39 is 0 Å². The van der Waals surface area contributed by atoms with Crippen LogP contribution in [-0.2, 0) is 40.3 Å². The summed E-state index contributed by atoms with van der Waals surface area (Å²) in [7, 11) is 3.89. The molecular weight excluding hydrogens is 816 g/mol. The highest BCUT2D eigenvalue weighted by Gasteiger charge is 2.29. The van der Waals surface area contributed by atoms with Crippen LogP contribution in [0.4, 0.5) is 25.8 Å². The van der Waals surface area contributed by atoms with E-state index in [2.05, 4.69) is 48.7 Å². The molecule has 3 N–H and O–H groups in total. The number of rotatable bonds is 6. The van der Waals surface area contributed by atoms with Gasteiger partial charge in [0.2, 0.25) is 0 Å². The Labute approximate surface area is 346 Å². The minimum atomic E-state index is -0.353. The van der Waals surface area contributed by atoms with Crippen LogP contribution in [0.2, 0.25) is 0 Å². The Kier molecular flexibility index (Phi) is 10.9. The number of amides is 2. The van der Waals surface area contributed by atoms with E-state index in [1.165, 1.54) is 22.9 Å². The molecule has 8 aromatic rings. The predicted molar refractivity (Wildman–Crippen MR) is 227 cm³/mol. The molecule has 0 bridgehead atoms. The number of fused-ring (bicyclic) bond motifs is 4. The molecule has 0 saturated heterocycles. The molecule has 296 valence electrons. The van der Waals surface area contributed by atoms with E-state index in [1.54, 1.807) is 69.3 Å². The second-order valence-electron chi connectivity index (χ2n) is 14.4. The van der Waals surface area contributed by atoms with E-state index in [9.17, 15) is 18.4 Å². The Hall–Kier alpha value is -6.93. The predicted octanol–water partition coefficient (Wildman–Crippen LogP) is 8.91. The lowest BCUT2D eigenvalue weighted by molar-refractivity contribution is 0.0757. The molecule has 4 aromatic carbocycles. The van der Waals surface area contributed by atoms with Crippen molar-refractivity contribution in [2.75, 3.05) is 11.1 Å². The van der Waals surface area contributed by atoms with Crippen LogP contribution in [-0.4, -0.2) is 45.9 Å². The summed E-state index contributed by atoms with van der Waals surface area (Å²) < 4.78 is 33.0. The number of anilines is 3. The summed E-state index contributed by atoms with van der Waals surface area (Å²) >= 11 is 3.21. The fraction of sp³-hybridized carbons (Fsp3) is 0.133. The van der Waals surface area contributed by atoms with Gasteiger partial charge in [0, 0.05) is 102 Å². The number of pyridine rings is 2. The number of benzene rings is 4. The number of nitrogens with two attached hydrogens (primary N) is 1. The number of aromatic nitrogens is 5. The van der Waals surface area contributed by atoms with Crippen molar-refractivity contribution in [1.29, 1.82) is 0 Å². The molecule has 0 atom stereocenters. The third-order valence-electron chi connectivity index (χ3n) is 9.99. The van der Waals surface area contributed by atoms with Crippen LogP contribution in [0.1, 0.15) is 43.2 Å². The van der Waals surface area contributed by atoms with Gasteiger partial charge in [-0.15, -0.1) is 0 Å². The fourth-order valence-corrected chi connectivity index (χ4v) is 7.46. The third-order valence-corrected chi connectivity index (χ3v) is 10.5. The summed E-state index contributed by atoms with van der Waals surface area (Å²) in [4.78, 5) is 36.2. The van der Waals surface area contributed by atoms with Crippen LogP contribution in [0.3, 0.4) is 0 Å². The highest BCUT2D eigenvalue weighted by Crippen LogP contribution is 2.27. The number of hydrogen-bond donors (Lipinski definition) is 2. The summed E-state index contributed by atoms with van der Waals surface area (Å²) in [6.07, 6.45) is 9.40. The van der Waals surface area contributed by atoms with Crippen LogP contribution in [0.25, 0.3) is 21.7 Å². The molecule has 4 aromatic heterocycles. The van der Waals surface area contributed by atoms with Gasteiger partial charge >= 0.3 is 0 Å². The minimum absolute atomic E-state index is 0.0922. The summed E-state index contributed by atoms with van der Waals surface area (Å²) in [5.41, 5.74) is 12.5. The highest BCUT2D eigenvalue weighted by molar-refractivity contribution is 9.10. The molecule has 11 nitrogen and oxygen atoms in total. The van der Waals surface area contributed by atoms with Crippen molar-refractivity contribution in [3.63, 3.8) is 0 Å². The zero-order valence-electron chi connectivity index (χ0n) is 32.1. The second kappa shape index (κ2) is 16.5. The molecule has 0 saturated carbocycles. The summed E-state index contributed by atoms with van der Waals surface area (Å²) in [6, 6.07) is 28.6. The van der Waals surface area contributed by atoms with Gasteiger partial charge in [0.15, 0.2) is 0 Å². The quantitative estimate of drug-likeness (QED) is 0.160. The van der Waals surface area contributed by atoms with Gasteiger partial charge in [0.1, 0.15) is 11.6 Å². The number of nitrogen functional groups attached to an aromatic ring is 1. The first-order chi connectivity index (χ1) is 28.5. The fourth-order valence-electron chi connectivity index (χ4n) is 7.13. The van der Waals surface area contributed by atoms with Crippen molar-refractivity contribution in [3.8, 4) is 0 Å². The van der Waals surface area contributed by atoms with Crippen LogP contribution >= 0.6 is 15.9 Å². The zero-order valence-corrected chi connectivity index (χ0v) is 33.7. The van der Waals surface area contributed by atoms with Crippen molar-refractivity contribution < 1.29 is 18.4 Å². The molecule has 0 spiro atoms. The minimum Gasteiger partial charge on any atom is -0.399 e. The first-order valence-electron chi connectivity index (χ1n) is 18.7. The van der Waals surface area contributed by atoms with Crippen molar-refractivity contribution in [2.24, 2.45) is 14.1 Å². The molecule has 2 aliphatic heterocycles. The lowest BCUT2D eigenvalue weighted by Crippen LogP contribution is -2.23. The molecule has 0 aliphatic carbocycles. The topological polar surface area (TPSA) is 127 Å². The van der Waals surface area contributed by atoms with Gasteiger partial charge in [-0.3, -0.25) is 24.2 Å². The maximum atomic E-state index is 14.7. The van der Waals surface area contributed by atoms with Crippen LogP contribution in [0.15, 0.2) is 133 Å². The molecule has 0 radical (unpaired) electrons. The molecular formula is C45H38BrF2N9O2. The maximum absolute atomic E-state index is 14.7. The number of carbonyl (C=O) groups excluding carboxylic acids is 2. The number of nitrogens with one attached hydrogen (secondary N) is 1. The summed E-state index contributed by atoms with van der Waals surface area (Å²) in [5.74, 6) is -0.870. The van der Waals surface area contributed by atoms with Crippen LogP contribution < -0.4 is 11.1 Å². The SMILES string of the molecule is Cn1cc2cc(Nc3ccc(CN4Cc5ncccc5C4=O)c(F)c3)ccc2n1.Cn1cc2ccc(N)cc2c1.O=C1c2cccnc2CN1Cc1ccc(Br)cc1F. The lowest BCUT2D eigenvalue weighted by atomic mass is 10.1. The van der Waals surface area contributed by atoms with E-state index in [0.717, 1.165) is 33.7 Å². The Morgan fingerprint density at radius 3 is 1.90 bits per heavy atom. The van der Waals surface area contributed by atoms with Gasteiger partial charge < -0.3 is 25.4 Å². The molecule has 6 heterocycles. The van der Waals surface area contributed by atoms with E-state index >= 15 is 0 Å².